The molecule has 2 N–H and O–H groups in total. The Balaban J connectivity index is 1.55. The predicted octanol–water partition coefficient (Wildman–Crippen LogP) is 1.55. The Morgan fingerprint density at radius 1 is 1.25 bits per heavy atom. The number of rotatable bonds is 3. The first-order chi connectivity index (χ1) is 13.1. The van der Waals surface area contributed by atoms with Gasteiger partial charge in [0.25, 0.3) is 17.7 Å². The number of hydrogen-bond donors (Lipinski definition) is 2. The van der Waals surface area contributed by atoms with E-state index < -0.39 is 30.3 Å². The molecule has 0 spiro atoms. The topological polar surface area (TPSA) is 98.8 Å². The molecule has 1 atom stereocenters. The second kappa shape index (κ2) is 7.54. The molecule has 9 heteroatoms. The second-order valence-corrected chi connectivity index (χ2v) is 9.62. The predicted molar refractivity (Wildman–Crippen MR) is 105 cm³/mol. The van der Waals surface area contributed by atoms with Crippen LogP contribution in [0.15, 0.2) is 6.07 Å². The van der Waals surface area contributed by atoms with Crippen LogP contribution in [-0.4, -0.2) is 53.7 Å². The fourth-order valence-corrected chi connectivity index (χ4v) is 4.67. The third-order valence-corrected chi connectivity index (χ3v) is 6.62. The Hall–Kier alpha value is -2.42. The van der Waals surface area contributed by atoms with Gasteiger partial charge in [0, 0.05) is 11.9 Å². The van der Waals surface area contributed by atoms with E-state index in [1.807, 2.05) is 6.07 Å². The van der Waals surface area contributed by atoms with E-state index in [4.69, 9.17) is 0 Å². The number of aryl methyl sites for hydroxylation is 1. The highest BCUT2D eigenvalue weighted by atomic mass is 32.1. The number of nitrogens with one attached hydrogen (secondary N) is 2. The minimum Gasteiger partial charge on any atom is -0.318 e. The van der Waals surface area contributed by atoms with Gasteiger partial charge in [-0.05, 0) is 42.2 Å². The maximum Gasteiger partial charge on any atom is 0.327 e. The maximum absolute atomic E-state index is 12.4. The molecular formula is C19H26N4O4S. The lowest BCUT2D eigenvalue weighted by Gasteiger charge is -2.33. The molecule has 1 aliphatic heterocycles. The first kappa shape index (κ1) is 20.3. The van der Waals surface area contributed by atoms with E-state index in [0.29, 0.717) is 10.8 Å². The van der Waals surface area contributed by atoms with Gasteiger partial charge in [-0.2, -0.15) is 0 Å². The van der Waals surface area contributed by atoms with Crippen molar-refractivity contribution < 1.29 is 19.2 Å². The molecule has 0 radical (unpaired) electrons. The van der Waals surface area contributed by atoms with Crippen molar-refractivity contribution in [3.05, 3.63) is 21.4 Å². The van der Waals surface area contributed by atoms with Gasteiger partial charge in [-0.15, -0.1) is 11.3 Å². The summed E-state index contributed by atoms with van der Waals surface area (Å²) in [5.74, 6) is -0.872. The average molecular weight is 407 g/mol. The van der Waals surface area contributed by atoms with Crippen LogP contribution in [0.25, 0.3) is 0 Å². The Labute approximate surface area is 168 Å². The van der Waals surface area contributed by atoms with Crippen LogP contribution in [0.2, 0.25) is 0 Å². The molecule has 1 fully saturated rings. The molecule has 0 bridgehead atoms. The largest absolute Gasteiger partial charge is 0.327 e. The lowest BCUT2D eigenvalue weighted by Crippen LogP contribution is -2.47. The lowest BCUT2D eigenvalue weighted by molar-refractivity contribution is -0.131. The quantitative estimate of drug-likeness (QED) is 0.588. The van der Waals surface area contributed by atoms with Crippen LogP contribution in [0.4, 0.5) is 4.79 Å². The van der Waals surface area contributed by atoms with Crippen molar-refractivity contribution in [2.45, 2.75) is 40.0 Å². The summed E-state index contributed by atoms with van der Waals surface area (Å²) in [6, 6.07) is 1.38. The van der Waals surface area contributed by atoms with E-state index in [-0.39, 0.29) is 12.0 Å². The third kappa shape index (κ3) is 4.19. The molecule has 1 aromatic rings. The molecule has 2 aliphatic rings. The van der Waals surface area contributed by atoms with E-state index in [0.717, 1.165) is 24.2 Å². The zero-order valence-electron chi connectivity index (χ0n) is 16.6. The molecule has 1 saturated heterocycles. The summed E-state index contributed by atoms with van der Waals surface area (Å²) in [5.41, 5.74) is 6.10. The Bertz CT molecular complexity index is 826. The van der Waals surface area contributed by atoms with Gasteiger partial charge in [0.1, 0.15) is 13.1 Å². The van der Waals surface area contributed by atoms with Crippen LogP contribution in [-0.2, 0) is 22.4 Å². The normalized spacial score (nSPS) is 19.6. The van der Waals surface area contributed by atoms with Gasteiger partial charge in [-0.3, -0.25) is 30.1 Å². The van der Waals surface area contributed by atoms with Crippen LogP contribution >= 0.6 is 11.3 Å². The molecule has 0 unspecified atom stereocenters. The summed E-state index contributed by atoms with van der Waals surface area (Å²) in [5, 5.41) is 0. The van der Waals surface area contributed by atoms with Gasteiger partial charge < -0.3 is 4.90 Å². The summed E-state index contributed by atoms with van der Waals surface area (Å²) in [6.07, 6.45) is 3.04. The smallest absolute Gasteiger partial charge is 0.318 e. The number of carbonyl (C=O) groups excluding carboxylic acids is 4. The molecule has 0 aromatic carbocycles. The second-order valence-electron chi connectivity index (χ2n) is 8.49. The molecule has 28 heavy (non-hydrogen) atoms. The highest BCUT2D eigenvalue weighted by Gasteiger charge is 2.35. The molecule has 3 rings (SSSR count). The number of likely N-dealkylation sites (N-methyl/N-ethyl adjacent to an activating group) is 1. The summed E-state index contributed by atoms with van der Waals surface area (Å²) in [4.78, 5) is 51.7. The summed E-state index contributed by atoms with van der Waals surface area (Å²) in [6.45, 7) is 6.26. The maximum atomic E-state index is 12.4. The van der Waals surface area contributed by atoms with E-state index >= 15 is 0 Å². The summed E-state index contributed by atoms with van der Waals surface area (Å²) >= 11 is 1.45. The van der Waals surface area contributed by atoms with Crippen LogP contribution in [0.3, 0.4) is 0 Å². The van der Waals surface area contributed by atoms with Crippen molar-refractivity contribution in [3.8, 4) is 0 Å². The van der Waals surface area contributed by atoms with Crippen molar-refractivity contribution in [2.75, 3.05) is 20.1 Å². The van der Waals surface area contributed by atoms with Gasteiger partial charge in [0.05, 0.1) is 4.88 Å². The van der Waals surface area contributed by atoms with Crippen molar-refractivity contribution in [3.63, 3.8) is 0 Å². The molecule has 5 amide bonds. The van der Waals surface area contributed by atoms with Gasteiger partial charge in [0.2, 0.25) is 0 Å². The molecule has 1 aromatic heterocycles. The Morgan fingerprint density at radius 2 is 1.96 bits per heavy atom. The van der Waals surface area contributed by atoms with E-state index in [1.165, 1.54) is 33.7 Å². The van der Waals surface area contributed by atoms with Crippen molar-refractivity contribution in [1.82, 2.24) is 20.7 Å². The molecule has 2 heterocycles. The third-order valence-electron chi connectivity index (χ3n) is 5.38. The first-order valence-electron chi connectivity index (χ1n) is 9.32. The van der Waals surface area contributed by atoms with Crippen molar-refractivity contribution >= 4 is 35.1 Å². The van der Waals surface area contributed by atoms with Gasteiger partial charge in [0.15, 0.2) is 0 Å². The number of urea groups is 1. The average Bonchev–Trinajstić information content (AvgIpc) is 3.15. The van der Waals surface area contributed by atoms with Crippen LogP contribution in [0, 0.1) is 11.3 Å². The number of imide groups is 1. The van der Waals surface area contributed by atoms with Crippen LogP contribution < -0.4 is 10.9 Å². The fourth-order valence-electron chi connectivity index (χ4n) is 3.57. The number of thiophene rings is 1. The van der Waals surface area contributed by atoms with E-state index in [1.54, 1.807) is 0 Å². The van der Waals surface area contributed by atoms with Crippen molar-refractivity contribution in [2.24, 2.45) is 11.3 Å². The number of amides is 5. The number of fused-ring (bicyclic) bond motifs is 1. The summed E-state index contributed by atoms with van der Waals surface area (Å²) < 4.78 is 0. The Morgan fingerprint density at radius 3 is 2.57 bits per heavy atom. The fraction of sp³-hybridized carbons (Fsp3) is 0.579. The zero-order chi connectivity index (χ0) is 20.6. The molecule has 152 valence electrons. The zero-order valence-corrected chi connectivity index (χ0v) is 17.4. The Kier molecular flexibility index (Phi) is 5.47. The van der Waals surface area contributed by atoms with Crippen LogP contribution in [0.1, 0.15) is 47.3 Å². The standard InChI is InChI=1S/C19H26N4O4S/c1-19(2,3)12-5-6-13-11(7-12)8-14(28-13)17(26)21-20-15(24)9-23-16(25)10-22(4)18(23)27/h8,12H,5-7,9-10H2,1-4H3,(H,20,24)(H,21,26)/t12-/m0/s1. The van der Waals surface area contributed by atoms with Crippen LogP contribution in [0.5, 0.6) is 0 Å². The van der Waals surface area contributed by atoms with E-state index in [2.05, 4.69) is 31.6 Å². The SMILES string of the molecule is CN1CC(=O)N(CC(=O)NNC(=O)c2cc3c(s2)CC[C@H](C(C)(C)C)C3)C1=O. The summed E-state index contributed by atoms with van der Waals surface area (Å²) in [7, 11) is 1.49. The highest BCUT2D eigenvalue weighted by Crippen LogP contribution is 2.40. The number of nitrogens with zero attached hydrogens (tertiary/aromatic N) is 2. The molecule has 0 saturated carbocycles. The minimum absolute atomic E-state index is 0.0468. The van der Waals surface area contributed by atoms with Gasteiger partial charge in [-0.1, -0.05) is 20.8 Å². The number of hydrazine groups is 1. The van der Waals surface area contributed by atoms with E-state index in [9.17, 15) is 19.2 Å². The van der Waals surface area contributed by atoms with Crippen molar-refractivity contribution in [1.29, 1.82) is 0 Å². The number of carbonyl (C=O) groups is 4. The van der Waals surface area contributed by atoms with Gasteiger partial charge >= 0.3 is 6.03 Å². The molecular weight excluding hydrogens is 380 g/mol. The number of hydrogen-bond acceptors (Lipinski definition) is 5. The van der Waals surface area contributed by atoms with Gasteiger partial charge in [-0.25, -0.2) is 4.79 Å². The molecule has 1 aliphatic carbocycles. The monoisotopic (exact) mass is 406 g/mol. The highest BCUT2D eigenvalue weighted by molar-refractivity contribution is 7.14. The first-order valence-corrected chi connectivity index (χ1v) is 10.1. The molecule has 8 nitrogen and oxygen atoms in total. The lowest BCUT2D eigenvalue weighted by atomic mass is 9.72. The minimum atomic E-state index is -0.625.